The van der Waals surface area contributed by atoms with Crippen LogP contribution in [0.5, 0.6) is 5.75 Å². The highest BCUT2D eigenvalue weighted by molar-refractivity contribution is 5.52. The summed E-state index contributed by atoms with van der Waals surface area (Å²) in [5, 5.41) is 13.6. The molecule has 1 heterocycles. The number of hydrogen-bond donors (Lipinski definition) is 2. The largest absolute Gasteiger partial charge is 0.508 e. The number of aryl methyl sites for hydroxylation is 1. The molecule has 0 radical (unpaired) electrons. The summed E-state index contributed by atoms with van der Waals surface area (Å²) >= 11 is 0. The number of fused-ring (bicyclic) bond motifs is 1. The SMILES string of the molecule is Oc1ccc2c(c1)CC[C@H](c1ccccc1)[C@@H]2c1ccc(N2CCCCNCCCC2)cc1. The maximum Gasteiger partial charge on any atom is 0.115 e. The number of hydrogen-bond acceptors (Lipinski definition) is 3. The van der Waals surface area contributed by atoms with Crippen molar-refractivity contribution in [1.82, 2.24) is 5.32 Å². The quantitative estimate of drug-likeness (QED) is 0.507. The van der Waals surface area contributed by atoms with E-state index in [-0.39, 0.29) is 0 Å². The van der Waals surface area contributed by atoms with Gasteiger partial charge in [-0.2, -0.15) is 0 Å². The maximum atomic E-state index is 10.1. The van der Waals surface area contributed by atoms with Crippen LogP contribution in [-0.2, 0) is 6.42 Å². The van der Waals surface area contributed by atoms with E-state index < -0.39 is 0 Å². The molecule has 0 saturated carbocycles. The van der Waals surface area contributed by atoms with Crippen molar-refractivity contribution in [3.05, 3.63) is 95.1 Å². The van der Waals surface area contributed by atoms with Crippen LogP contribution in [0.15, 0.2) is 72.8 Å². The molecule has 0 spiro atoms. The van der Waals surface area contributed by atoms with E-state index in [1.54, 1.807) is 0 Å². The fourth-order valence-electron chi connectivity index (χ4n) is 5.77. The molecule has 2 atom stereocenters. The number of phenolic OH excluding ortho intramolecular Hbond substituents is 1. The maximum absolute atomic E-state index is 10.1. The molecule has 3 aromatic carbocycles. The van der Waals surface area contributed by atoms with Gasteiger partial charge in [0.25, 0.3) is 0 Å². The fraction of sp³-hybridized carbons (Fsp3) is 0.400. The molecule has 2 N–H and O–H groups in total. The van der Waals surface area contributed by atoms with Crippen LogP contribution < -0.4 is 10.2 Å². The Balaban J connectivity index is 1.45. The van der Waals surface area contributed by atoms with Crippen LogP contribution in [0.3, 0.4) is 0 Å². The van der Waals surface area contributed by atoms with Crippen molar-refractivity contribution < 1.29 is 5.11 Å². The molecule has 33 heavy (non-hydrogen) atoms. The topological polar surface area (TPSA) is 35.5 Å². The Kier molecular flexibility index (Phi) is 6.97. The minimum Gasteiger partial charge on any atom is -0.508 e. The molecule has 1 aliphatic carbocycles. The monoisotopic (exact) mass is 440 g/mol. The normalized spacial score (nSPS) is 21.9. The lowest BCUT2D eigenvalue weighted by molar-refractivity contribution is 0.469. The molecular formula is C30H36N2O. The average molecular weight is 441 g/mol. The number of nitrogens with zero attached hydrogens (tertiary/aromatic N) is 1. The summed E-state index contributed by atoms with van der Waals surface area (Å²) in [5.74, 6) is 1.14. The zero-order valence-electron chi connectivity index (χ0n) is 19.5. The third-order valence-corrected chi connectivity index (χ3v) is 7.50. The van der Waals surface area contributed by atoms with Gasteiger partial charge < -0.3 is 15.3 Å². The van der Waals surface area contributed by atoms with Gasteiger partial charge in [0.1, 0.15) is 5.75 Å². The summed E-state index contributed by atoms with van der Waals surface area (Å²) in [6.07, 6.45) is 7.10. The summed E-state index contributed by atoms with van der Waals surface area (Å²) in [7, 11) is 0. The van der Waals surface area contributed by atoms with Crippen molar-refractivity contribution in [2.24, 2.45) is 0 Å². The van der Waals surface area contributed by atoms with E-state index in [1.165, 1.54) is 53.6 Å². The number of aromatic hydroxyl groups is 1. The van der Waals surface area contributed by atoms with Crippen LogP contribution in [-0.4, -0.2) is 31.3 Å². The van der Waals surface area contributed by atoms with E-state index in [1.807, 2.05) is 12.1 Å². The molecule has 3 nitrogen and oxygen atoms in total. The van der Waals surface area contributed by atoms with E-state index >= 15 is 0 Å². The minimum atomic E-state index is 0.316. The minimum absolute atomic E-state index is 0.316. The summed E-state index contributed by atoms with van der Waals surface area (Å²) < 4.78 is 0. The predicted octanol–water partition coefficient (Wildman–Crippen LogP) is 6.22. The van der Waals surface area contributed by atoms with Crippen LogP contribution >= 0.6 is 0 Å². The van der Waals surface area contributed by atoms with Crippen molar-refractivity contribution in [3.63, 3.8) is 0 Å². The highest BCUT2D eigenvalue weighted by Crippen LogP contribution is 2.47. The average Bonchev–Trinajstić information content (AvgIpc) is 2.87. The lowest BCUT2D eigenvalue weighted by Crippen LogP contribution is -2.29. The molecule has 172 valence electrons. The van der Waals surface area contributed by atoms with Crippen LogP contribution in [0.4, 0.5) is 5.69 Å². The molecule has 3 heteroatoms. The van der Waals surface area contributed by atoms with Gasteiger partial charge in [0.15, 0.2) is 0 Å². The highest BCUT2D eigenvalue weighted by atomic mass is 16.3. The molecule has 5 rings (SSSR count). The third-order valence-electron chi connectivity index (χ3n) is 7.50. The zero-order chi connectivity index (χ0) is 22.5. The second kappa shape index (κ2) is 10.4. The van der Waals surface area contributed by atoms with Gasteiger partial charge in [-0.05, 0) is 104 Å². The first kappa shape index (κ1) is 22.0. The number of anilines is 1. The molecular weight excluding hydrogens is 404 g/mol. The van der Waals surface area contributed by atoms with E-state index in [0.29, 0.717) is 17.6 Å². The number of benzene rings is 3. The Morgan fingerprint density at radius 1 is 0.758 bits per heavy atom. The fourth-order valence-corrected chi connectivity index (χ4v) is 5.77. The Morgan fingerprint density at radius 2 is 1.48 bits per heavy atom. The van der Waals surface area contributed by atoms with Crippen LogP contribution in [0.1, 0.15) is 66.2 Å². The van der Waals surface area contributed by atoms with Gasteiger partial charge in [0.05, 0.1) is 0 Å². The van der Waals surface area contributed by atoms with Crippen molar-refractivity contribution in [2.75, 3.05) is 31.1 Å². The van der Waals surface area contributed by atoms with Gasteiger partial charge in [-0.25, -0.2) is 0 Å². The molecule has 0 amide bonds. The second-order valence-electron chi connectivity index (χ2n) is 9.66. The van der Waals surface area contributed by atoms with Gasteiger partial charge in [0, 0.05) is 24.7 Å². The molecule has 3 aromatic rings. The summed E-state index contributed by atoms with van der Waals surface area (Å²) in [5.41, 5.74) is 6.80. The third kappa shape index (κ3) is 5.09. The number of phenols is 1. The molecule has 1 aliphatic heterocycles. The van der Waals surface area contributed by atoms with Crippen LogP contribution in [0.2, 0.25) is 0 Å². The van der Waals surface area contributed by atoms with Crippen LogP contribution in [0, 0.1) is 0 Å². The van der Waals surface area contributed by atoms with Gasteiger partial charge in [-0.1, -0.05) is 48.5 Å². The molecule has 2 aliphatic rings. The summed E-state index contributed by atoms with van der Waals surface area (Å²) in [6.45, 7) is 4.56. The first-order valence-electron chi connectivity index (χ1n) is 12.7. The van der Waals surface area contributed by atoms with Gasteiger partial charge in [-0.15, -0.1) is 0 Å². The van der Waals surface area contributed by atoms with Crippen LogP contribution in [0.25, 0.3) is 0 Å². The summed E-state index contributed by atoms with van der Waals surface area (Å²) in [6, 6.07) is 26.4. The number of nitrogens with one attached hydrogen (secondary N) is 1. The second-order valence-corrected chi connectivity index (χ2v) is 9.66. The molecule has 1 fully saturated rings. The van der Waals surface area contributed by atoms with Gasteiger partial charge >= 0.3 is 0 Å². The van der Waals surface area contributed by atoms with Crippen molar-refractivity contribution in [1.29, 1.82) is 0 Å². The first-order valence-corrected chi connectivity index (χ1v) is 12.7. The Morgan fingerprint density at radius 3 is 2.21 bits per heavy atom. The molecule has 0 bridgehead atoms. The van der Waals surface area contributed by atoms with Gasteiger partial charge in [0.2, 0.25) is 0 Å². The van der Waals surface area contributed by atoms with E-state index in [4.69, 9.17) is 0 Å². The lowest BCUT2D eigenvalue weighted by atomic mass is 9.69. The Labute approximate surface area is 198 Å². The van der Waals surface area contributed by atoms with E-state index in [2.05, 4.69) is 70.9 Å². The first-order chi connectivity index (χ1) is 16.3. The van der Waals surface area contributed by atoms with E-state index in [0.717, 1.165) is 39.0 Å². The molecule has 0 aromatic heterocycles. The highest BCUT2D eigenvalue weighted by Gasteiger charge is 2.32. The zero-order valence-corrected chi connectivity index (χ0v) is 19.5. The summed E-state index contributed by atoms with van der Waals surface area (Å²) in [4.78, 5) is 2.58. The Hall–Kier alpha value is -2.78. The molecule has 0 unspecified atom stereocenters. The van der Waals surface area contributed by atoms with Crippen molar-refractivity contribution in [3.8, 4) is 5.75 Å². The Bertz CT molecular complexity index is 1020. The lowest BCUT2D eigenvalue weighted by Gasteiger charge is -2.35. The van der Waals surface area contributed by atoms with Gasteiger partial charge in [-0.3, -0.25) is 0 Å². The van der Waals surface area contributed by atoms with Crippen molar-refractivity contribution in [2.45, 2.75) is 50.4 Å². The standard InChI is InChI=1S/C30H36N2O/c33-27-15-17-29-25(22-27)12-16-28(23-8-2-1-3-9-23)30(29)24-10-13-26(14-11-24)32-20-6-4-18-31-19-5-7-21-32/h1-3,8-11,13-15,17,22,28,30-31,33H,4-7,12,16,18-21H2/t28-,30+/m1/s1. The number of rotatable bonds is 3. The predicted molar refractivity (Wildman–Crippen MR) is 137 cm³/mol. The molecule has 1 saturated heterocycles. The van der Waals surface area contributed by atoms with Crippen molar-refractivity contribution >= 4 is 5.69 Å². The van der Waals surface area contributed by atoms with E-state index in [9.17, 15) is 5.11 Å². The smallest absolute Gasteiger partial charge is 0.115 e.